The smallest absolute Gasteiger partial charge is 0.219 e. The number of aromatic nitrogens is 1. The van der Waals surface area contributed by atoms with E-state index in [9.17, 15) is 0 Å². The summed E-state index contributed by atoms with van der Waals surface area (Å²) in [6.45, 7) is 5.94. The lowest BCUT2D eigenvalue weighted by Gasteiger charge is -2.32. The van der Waals surface area contributed by atoms with E-state index in [4.69, 9.17) is 4.74 Å². The Morgan fingerprint density at radius 3 is 2.70 bits per heavy atom. The average Bonchev–Trinajstić information content (AvgIpc) is 2.58. The van der Waals surface area contributed by atoms with E-state index in [1.54, 1.807) is 6.20 Å². The number of benzene rings is 1. The molecule has 0 radical (unpaired) electrons. The summed E-state index contributed by atoms with van der Waals surface area (Å²) in [5.74, 6) is 1.50. The van der Waals surface area contributed by atoms with Crippen LogP contribution in [0.4, 0.5) is 0 Å². The van der Waals surface area contributed by atoms with Crippen molar-refractivity contribution in [3.8, 4) is 11.6 Å². The first-order valence-electron chi connectivity index (χ1n) is 8.38. The zero-order valence-electron chi connectivity index (χ0n) is 13.8. The van der Waals surface area contributed by atoms with Crippen LogP contribution in [0, 0.1) is 0 Å². The van der Waals surface area contributed by atoms with Gasteiger partial charge in [0.05, 0.1) is 0 Å². The van der Waals surface area contributed by atoms with Crippen molar-refractivity contribution in [2.24, 2.45) is 0 Å². The van der Waals surface area contributed by atoms with Gasteiger partial charge in [0.25, 0.3) is 0 Å². The van der Waals surface area contributed by atoms with Gasteiger partial charge in [0, 0.05) is 38.4 Å². The monoisotopic (exact) mass is 311 g/mol. The van der Waals surface area contributed by atoms with E-state index in [0.717, 1.165) is 12.2 Å². The fourth-order valence-electron chi connectivity index (χ4n) is 2.87. The lowest BCUT2D eigenvalue weighted by molar-refractivity contribution is 0.153. The van der Waals surface area contributed by atoms with Gasteiger partial charge in [0.2, 0.25) is 5.88 Å². The van der Waals surface area contributed by atoms with E-state index in [0.29, 0.717) is 5.88 Å². The zero-order valence-corrected chi connectivity index (χ0v) is 13.8. The fourth-order valence-corrected chi connectivity index (χ4v) is 2.87. The van der Waals surface area contributed by atoms with Gasteiger partial charge in [0.15, 0.2) is 0 Å². The van der Waals surface area contributed by atoms with Gasteiger partial charge in [-0.1, -0.05) is 18.2 Å². The summed E-state index contributed by atoms with van der Waals surface area (Å²) < 4.78 is 5.80. The van der Waals surface area contributed by atoms with Crippen molar-refractivity contribution in [3.63, 3.8) is 0 Å². The van der Waals surface area contributed by atoms with E-state index in [1.165, 1.54) is 44.7 Å². The molecule has 1 aliphatic rings. The van der Waals surface area contributed by atoms with Crippen LogP contribution in [-0.2, 0) is 6.42 Å². The van der Waals surface area contributed by atoms with Crippen molar-refractivity contribution >= 4 is 0 Å². The largest absolute Gasteiger partial charge is 0.439 e. The summed E-state index contributed by atoms with van der Waals surface area (Å²) >= 11 is 0. The molecule has 1 aromatic carbocycles. The Morgan fingerprint density at radius 1 is 1.04 bits per heavy atom. The number of likely N-dealkylation sites (N-methyl/N-ethyl adjacent to an activating group) is 1. The van der Waals surface area contributed by atoms with Crippen LogP contribution >= 0.6 is 0 Å². The van der Waals surface area contributed by atoms with E-state index in [1.807, 2.05) is 24.3 Å². The Kier molecular flexibility index (Phi) is 5.61. The molecular formula is C19H25N3O. The second kappa shape index (κ2) is 8.09. The summed E-state index contributed by atoms with van der Waals surface area (Å²) in [5.41, 5.74) is 1.33. The molecule has 1 aromatic heterocycles. The van der Waals surface area contributed by atoms with Crippen LogP contribution in [0.3, 0.4) is 0 Å². The number of hydrogen-bond donors (Lipinski definition) is 0. The van der Waals surface area contributed by atoms with Crippen molar-refractivity contribution in [1.29, 1.82) is 0 Å². The van der Waals surface area contributed by atoms with Gasteiger partial charge in [-0.25, -0.2) is 4.98 Å². The van der Waals surface area contributed by atoms with Crippen molar-refractivity contribution < 1.29 is 4.74 Å². The Bertz CT molecular complexity index is 595. The average molecular weight is 311 g/mol. The van der Waals surface area contributed by atoms with Gasteiger partial charge in [-0.2, -0.15) is 0 Å². The SMILES string of the molecule is CN1CCN(CCCc2cccc(Oc3ccccn3)c2)CC1. The second-order valence-electron chi connectivity index (χ2n) is 6.17. The molecule has 0 bridgehead atoms. The quantitative estimate of drug-likeness (QED) is 0.820. The molecule has 0 N–H and O–H groups in total. The van der Waals surface area contributed by atoms with E-state index in [2.05, 4.69) is 40.0 Å². The lowest BCUT2D eigenvalue weighted by Crippen LogP contribution is -2.44. The molecule has 0 atom stereocenters. The van der Waals surface area contributed by atoms with Crippen LogP contribution in [0.5, 0.6) is 11.6 Å². The molecule has 122 valence electrons. The molecule has 0 saturated carbocycles. The Morgan fingerprint density at radius 2 is 1.91 bits per heavy atom. The number of piperazine rings is 1. The maximum Gasteiger partial charge on any atom is 0.219 e. The highest BCUT2D eigenvalue weighted by atomic mass is 16.5. The summed E-state index contributed by atoms with van der Waals surface area (Å²) in [6, 6.07) is 14.0. The minimum atomic E-state index is 0.641. The molecule has 0 spiro atoms. The number of aryl methyl sites for hydroxylation is 1. The molecule has 4 heteroatoms. The predicted molar refractivity (Wildman–Crippen MR) is 93.0 cm³/mol. The molecule has 2 aromatic rings. The molecule has 4 nitrogen and oxygen atoms in total. The van der Waals surface area contributed by atoms with Crippen LogP contribution in [-0.4, -0.2) is 54.6 Å². The normalized spacial score (nSPS) is 16.4. The molecule has 2 heterocycles. The standard InChI is InChI=1S/C19H25N3O/c1-21-12-14-22(15-13-21)11-5-7-17-6-4-8-18(16-17)23-19-9-2-3-10-20-19/h2-4,6,8-10,16H,5,7,11-15H2,1H3. The number of hydrogen-bond acceptors (Lipinski definition) is 4. The fraction of sp³-hybridized carbons (Fsp3) is 0.421. The maximum atomic E-state index is 5.80. The molecule has 0 aliphatic carbocycles. The molecule has 1 saturated heterocycles. The summed E-state index contributed by atoms with van der Waals surface area (Å²) in [6.07, 6.45) is 4.03. The molecule has 1 fully saturated rings. The zero-order chi connectivity index (χ0) is 15.9. The van der Waals surface area contributed by atoms with Gasteiger partial charge in [-0.15, -0.1) is 0 Å². The van der Waals surface area contributed by atoms with Crippen LogP contribution in [0.15, 0.2) is 48.7 Å². The molecular weight excluding hydrogens is 286 g/mol. The van der Waals surface area contributed by atoms with Gasteiger partial charge < -0.3 is 14.5 Å². The third-order valence-electron chi connectivity index (χ3n) is 4.29. The second-order valence-corrected chi connectivity index (χ2v) is 6.17. The van der Waals surface area contributed by atoms with Crippen LogP contribution in [0.1, 0.15) is 12.0 Å². The predicted octanol–water partition coefficient (Wildman–Crippen LogP) is 3.05. The lowest BCUT2D eigenvalue weighted by atomic mass is 10.1. The van der Waals surface area contributed by atoms with Crippen molar-refractivity contribution in [3.05, 3.63) is 54.2 Å². The molecule has 23 heavy (non-hydrogen) atoms. The number of rotatable bonds is 6. The Hall–Kier alpha value is -1.91. The van der Waals surface area contributed by atoms with Crippen molar-refractivity contribution in [1.82, 2.24) is 14.8 Å². The van der Waals surface area contributed by atoms with Crippen molar-refractivity contribution in [2.45, 2.75) is 12.8 Å². The maximum absolute atomic E-state index is 5.80. The highest BCUT2D eigenvalue weighted by Gasteiger charge is 2.12. The molecule has 0 amide bonds. The highest BCUT2D eigenvalue weighted by molar-refractivity contribution is 5.31. The number of nitrogens with zero attached hydrogens (tertiary/aromatic N) is 3. The van der Waals surface area contributed by atoms with Crippen molar-refractivity contribution in [2.75, 3.05) is 39.8 Å². The van der Waals surface area contributed by atoms with Gasteiger partial charge in [-0.05, 0) is 50.2 Å². The minimum Gasteiger partial charge on any atom is -0.439 e. The summed E-state index contributed by atoms with van der Waals surface area (Å²) in [7, 11) is 2.20. The topological polar surface area (TPSA) is 28.6 Å². The van der Waals surface area contributed by atoms with Crippen LogP contribution in [0.25, 0.3) is 0 Å². The first-order chi connectivity index (χ1) is 11.3. The van der Waals surface area contributed by atoms with E-state index < -0.39 is 0 Å². The third kappa shape index (κ3) is 5.05. The Balaban J connectivity index is 1.48. The third-order valence-corrected chi connectivity index (χ3v) is 4.29. The number of ether oxygens (including phenoxy) is 1. The van der Waals surface area contributed by atoms with Crippen LogP contribution in [0.2, 0.25) is 0 Å². The minimum absolute atomic E-state index is 0.641. The Labute approximate surface area is 138 Å². The summed E-state index contributed by atoms with van der Waals surface area (Å²) in [5, 5.41) is 0. The van der Waals surface area contributed by atoms with Gasteiger partial charge in [0.1, 0.15) is 5.75 Å². The van der Waals surface area contributed by atoms with Gasteiger partial charge >= 0.3 is 0 Å². The van der Waals surface area contributed by atoms with E-state index in [-0.39, 0.29) is 0 Å². The molecule has 0 unspecified atom stereocenters. The first-order valence-corrected chi connectivity index (χ1v) is 8.38. The summed E-state index contributed by atoms with van der Waals surface area (Å²) in [4.78, 5) is 9.16. The first kappa shape index (κ1) is 16.0. The molecule has 3 rings (SSSR count). The number of pyridine rings is 1. The highest BCUT2D eigenvalue weighted by Crippen LogP contribution is 2.20. The van der Waals surface area contributed by atoms with Gasteiger partial charge in [-0.3, -0.25) is 0 Å². The van der Waals surface area contributed by atoms with Crippen LogP contribution < -0.4 is 4.74 Å². The van der Waals surface area contributed by atoms with E-state index >= 15 is 0 Å². The molecule has 1 aliphatic heterocycles.